The van der Waals surface area contributed by atoms with E-state index in [9.17, 15) is 4.39 Å². The zero-order valence-electron chi connectivity index (χ0n) is 11.7. The van der Waals surface area contributed by atoms with Crippen molar-refractivity contribution in [1.82, 2.24) is 0 Å². The van der Waals surface area contributed by atoms with Gasteiger partial charge < -0.3 is 20.5 Å². The van der Waals surface area contributed by atoms with Gasteiger partial charge in [0.1, 0.15) is 17.7 Å². The first-order chi connectivity index (χ1) is 10.2. The maximum Gasteiger partial charge on any atom is 0.151 e. The summed E-state index contributed by atoms with van der Waals surface area (Å²) in [6, 6.07) is 10.3. The fourth-order valence-electron chi connectivity index (χ4n) is 2.40. The molecule has 1 atom stereocenters. The summed E-state index contributed by atoms with van der Waals surface area (Å²) in [5.74, 6) is 1.09. The maximum atomic E-state index is 13.8. The average molecular weight is 288 g/mol. The van der Waals surface area contributed by atoms with Crippen molar-refractivity contribution in [1.29, 1.82) is 0 Å². The van der Waals surface area contributed by atoms with Crippen molar-refractivity contribution in [2.75, 3.05) is 25.5 Å². The number of halogens is 1. The molecule has 0 amide bonds. The van der Waals surface area contributed by atoms with Gasteiger partial charge in [-0.15, -0.1) is 0 Å². The lowest BCUT2D eigenvalue weighted by Gasteiger charge is -2.28. The zero-order chi connectivity index (χ0) is 14.8. The van der Waals surface area contributed by atoms with Gasteiger partial charge in [-0.05, 0) is 23.8 Å². The highest BCUT2D eigenvalue weighted by molar-refractivity contribution is 5.79. The minimum atomic E-state index is -0.304. The number of hydrogen-bond donors (Lipinski definition) is 2. The number of ether oxygens (including phenoxy) is 2. The van der Waals surface area contributed by atoms with Crippen molar-refractivity contribution in [2.24, 2.45) is 5.73 Å². The van der Waals surface area contributed by atoms with E-state index >= 15 is 0 Å². The number of benzene rings is 2. The van der Waals surface area contributed by atoms with E-state index in [1.807, 2.05) is 24.3 Å². The van der Waals surface area contributed by atoms with Gasteiger partial charge in [-0.25, -0.2) is 4.39 Å². The van der Waals surface area contributed by atoms with Crippen LogP contribution < -0.4 is 20.5 Å². The average Bonchev–Trinajstić information content (AvgIpc) is 2.53. The molecule has 4 nitrogen and oxygen atoms in total. The van der Waals surface area contributed by atoms with Crippen molar-refractivity contribution >= 4 is 5.69 Å². The van der Waals surface area contributed by atoms with Crippen LogP contribution in [0.5, 0.6) is 11.5 Å². The van der Waals surface area contributed by atoms with E-state index in [0.717, 1.165) is 11.3 Å². The largest absolute Gasteiger partial charge is 0.497 e. The Kier molecular flexibility index (Phi) is 3.66. The molecule has 0 fully saturated rings. The lowest BCUT2D eigenvalue weighted by molar-refractivity contribution is 0.215. The van der Waals surface area contributed by atoms with Gasteiger partial charge in [-0.3, -0.25) is 0 Å². The Morgan fingerprint density at radius 3 is 2.76 bits per heavy atom. The minimum absolute atomic E-state index is 0.111. The van der Waals surface area contributed by atoms with Crippen molar-refractivity contribution in [3.8, 4) is 22.6 Å². The van der Waals surface area contributed by atoms with Crippen LogP contribution in [0.4, 0.5) is 10.1 Å². The Labute approximate surface area is 122 Å². The highest BCUT2D eigenvalue weighted by Crippen LogP contribution is 2.40. The molecule has 1 aliphatic heterocycles. The van der Waals surface area contributed by atoms with Gasteiger partial charge >= 0.3 is 0 Å². The van der Waals surface area contributed by atoms with Crippen LogP contribution >= 0.6 is 0 Å². The Bertz CT molecular complexity index is 643. The highest BCUT2D eigenvalue weighted by atomic mass is 19.1. The Morgan fingerprint density at radius 2 is 2.10 bits per heavy atom. The van der Waals surface area contributed by atoms with Crippen molar-refractivity contribution in [3.63, 3.8) is 0 Å². The van der Waals surface area contributed by atoms with E-state index in [4.69, 9.17) is 15.2 Å². The van der Waals surface area contributed by atoms with E-state index in [1.165, 1.54) is 12.1 Å². The second kappa shape index (κ2) is 5.61. The third-order valence-corrected chi connectivity index (χ3v) is 3.52. The van der Waals surface area contributed by atoms with Crippen LogP contribution in [0.15, 0.2) is 36.4 Å². The van der Waals surface area contributed by atoms with Crippen LogP contribution in [-0.2, 0) is 0 Å². The van der Waals surface area contributed by atoms with Crippen molar-refractivity contribution in [3.05, 3.63) is 42.2 Å². The lowest BCUT2D eigenvalue weighted by atomic mass is 10.0. The molecule has 1 heterocycles. The van der Waals surface area contributed by atoms with Crippen LogP contribution in [-0.4, -0.2) is 26.3 Å². The molecule has 5 heteroatoms. The van der Waals surface area contributed by atoms with E-state index in [1.54, 1.807) is 7.11 Å². The summed E-state index contributed by atoms with van der Waals surface area (Å²) in [5, 5.41) is 3.17. The number of nitrogens with one attached hydrogen (secondary N) is 1. The summed E-state index contributed by atoms with van der Waals surface area (Å²) in [7, 11) is 1.61. The standard InChI is InChI=1S/C16H17FN2O2/c1-20-12-4-2-10(3-5-12)14-6-11(17)7-15-16(14)21-13(8-18)9-19-15/h2-7,13,19H,8-9,18H2,1H3/t13-/m1/s1. The molecule has 2 aromatic rings. The molecule has 3 N–H and O–H groups in total. The van der Waals surface area contributed by atoms with Crippen molar-refractivity contribution in [2.45, 2.75) is 6.10 Å². The summed E-state index contributed by atoms with van der Waals surface area (Å²) in [4.78, 5) is 0. The van der Waals surface area contributed by atoms with E-state index in [0.29, 0.717) is 30.1 Å². The molecule has 110 valence electrons. The van der Waals surface area contributed by atoms with Gasteiger partial charge in [0.25, 0.3) is 0 Å². The quantitative estimate of drug-likeness (QED) is 0.911. The molecule has 0 spiro atoms. The van der Waals surface area contributed by atoms with Crippen LogP contribution in [0.1, 0.15) is 0 Å². The molecule has 1 aliphatic rings. The van der Waals surface area contributed by atoms with E-state index in [2.05, 4.69) is 5.32 Å². The smallest absolute Gasteiger partial charge is 0.151 e. The minimum Gasteiger partial charge on any atom is -0.497 e. The SMILES string of the molecule is COc1ccc(-c2cc(F)cc3c2O[C@H](CN)CN3)cc1. The van der Waals surface area contributed by atoms with Crippen LogP contribution in [0, 0.1) is 5.82 Å². The molecule has 21 heavy (non-hydrogen) atoms. The third kappa shape index (κ3) is 2.64. The highest BCUT2D eigenvalue weighted by Gasteiger charge is 2.22. The topological polar surface area (TPSA) is 56.5 Å². The second-order valence-corrected chi connectivity index (χ2v) is 4.91. The van der Waals surface area contributed by atoms with Gasteiger partial charge in [-0.1, -0.05) is 12.1 Å². The first-order valence-corrected chi connectivity index (χ1v) is 6.80. The summed E-state index contributed by atoms with van der Waals surface area (Å²) < 4.78 is 24.9. The zero-order valence-corrected chi connectivity index (χ0v) is 11.7. The van der Waals surface area contributed by atoms with Gasteiger partial charge in [0.15, 0.2) is 5.75 Å². The number of rotatable bonds is 3. The molecule has 0 aromatic heterocycles. The van der Waals surface area contributed by atoms with E-state index in [-0.39, 0.29) is 11.9 Å². The van der Waals surface area contributed by atoms with E-state index < -0.39 is 0 Å². The normalized spacial score (nSPS) is 16.6. The van der Waals surface area contributed by atoms with Gasteiger partial charge in [-0.2, -0.15) is 0 Å². The van der Waals surface area contributed by atoms with Crippen LogP contribution in [0.3, 0.4) is 0 Å². The summed E-state index contributed by atoms with van der Waals surface area (Å²) in [6.45, 7) is 0.987. The van der Waals surface area contributed by atoms with Gasteiger partial charge in [0, 0.05) is 18.2 Å². The molecule has 0 unspecified atom stereocenters. The predicted octanol–water partition coefficient (Wildman–Crippen LogP) is 2.63. The Hall–Kier alpha value is -2.27. The van der Waals surface area contributed by atoms with Gasteiger partial charge in [0.05, 0.1) is 19.3 Å². The summed E-state index contributed by atoms with van der Waals surface area (Å²) in [6.07, 6.45) is -0.111. The lowest BCUT2D eigenvalue weighted by Crippen LogP contribution is -2.37. The molecule has 0 aliphatic carbocycles. The molecular formula is C16H17FN2O2. The number of fused-ring (bicyclic) bond motifs is 1. The number of methoxy groups -OCH3 is 1. The third-order valence-electron chi connectivity index (χ3n) is 3.52. The molecule has 3 rings (SSSR count). The molecule has 0 radical (unpaired) electrons. The number of anilines is 1. The monoisotopic (exact) mass is 288 g/mol. The second-order valence-electron chi connectivity index (χ2n) is 4.91. The van der Waals surface area contributed by atoms with Gasteiger partial charge in [0.2, 0.25) is 0 Å². The summed E-state index contributed by atoms with van der Waals surface area (Å²) in [5.41, 5.74) is 7.89. The Balaban J connectivity index is 2.06. The fraction of sp³-hybridized carbons (Fsp3) is 0.250. The van der Waals surface area contributed by atoms with Crippen molar-refractivity contribution < 1.29 is 13.9 Å². The molecule has 0 bridgehead atoms. The number of nitrogens with two attached hydrogens (primary N) is 1. The Morgan fingerprint density at radius 1 is 1.33 bits per heavy atom. The van der Waals surface area contributed by atoms with Crippen LogP contribution in [0.2, 0.25) is 0 Å². The number of hydrogen-bond acceptors (Lipinski definition) is 4. The van der Waals surface area contributed by atoms with Crippen LogP contribution in [0.25, 0.3) is 11.1 Å². The maximum absolute atomic E-state index is 13.8. The fourth-order valence-corrected chi connectivity index (χ4v) is 2.40. The first-order valence-electron chi connectivity index (χ1n) is 6.80. The predicted molar refractivity (Wildman–Crippen MR) is 80.3 cm³/mol. The molecule has 0 saturated carbocycles. The molecule has 0 saturated heterocycles. The summed E-state index contributed by atoms with van der Waals surface area (Å²) >= 11 is 0. The molecule has 2 aromatic carbocycles. The first kappa shape index (κ1) is 13.7. The molecular weight excluding hydrogens is 271 g/mol.